The van der Waals surface area contributed by atoms with Gasteiger partial charge in [-0.1, -0.05) is 35.4 Å². The van der Waals surface area contributed by atoms with Crippen LogP contribution in [-0.4, -0.2) is 52.2 Å². The standard InChI is InChI=1S/C27H32N2O8S2/c1-20-4-8-23(9-5-20)38(31,32)36-18-26(19-37-39(33,34)24-10-6-21(2)7-11-24)12-14-27(30,15-13-26)22-16-28-25(35-3)29-17-22/h4-11,16-17,30H,12-15,18-19H2,1-3H3. The fourth-order valence-corrected chi connectivity index (χ4v) is 6.45. The van der Waals surface area contributed by atoms with Crippen molar-refractivity contribution in [3.05, 3.63) is 77.6 Å². The zero-order valence-corrected chi connectivity index (χ0v) is 23.7. The highest BCUT2D eigenvalue weighted by Gasteiger charge is 2.45. The zero-order valence-electron chi connectivity index (χ0n) is 22.0. The largest absolute Gasteiger partial charge is 0.467 e. The normalized spacial score (nSPS) is 17.0. The predicted molar refractivity (Wildman–Crippen MR) is 142 cm³/mol. The Kier molecular flexibility index (Phi) is 8.43. The highest BCUT2D eigenvalue weighted by molar-refractivity contribution is 7.87. The van der Waals surface area contributed by atoms with Crippen molar-refractivity contribution in [2.45, 2.75) is 54.9 Å². The molecule has 0 saturated heterocycles. The molecule has 1 aliphatic rings. The van der Waals surface area contributed by atoms with Gasteiger partial charge < -0.3 is 9.84 Å². The van der Waals surface area contributed by atoms with Gasteiger partial charge in [0.25, 0.3) is 20.2 Å². The summed E-state index contributed by atoms with van der Waals surface area (Å²) in [5, 5.41) is 11.4. The SMILES string of the molecule is COc1ncc(C2(O)CCC(COS(=O)(=O)c3ccc(C)cc3)(COS(=O)(=O)c3ccc(C)cc3)CC2)cn1. The van der Waals surface area contributed by atoms with E-state index in [0.717, 1.165) is 11.1 Å². The maximum atomic E-state index is 12.9. The summed E-state index contributed by atoms with van der Waals surface area (Å²) in [5.41, 5.74) is -0.0158. The van der Waals surface area contributed by atoms with E-state index in [-0.39, 0.29) is 54.7 Å². The molecule has 12 heteroatoms. The molecule has 3 aromatic rings. The molecule has 1 aromatic heterocycles. The molecule has 0 spiro atoms. The first-order chi connectivity index (χ1) is 18.4. The fourth-order valence-electron chi connectivity index (χ4n) is 4.43. The van der Waals surface area contributed by atoms with Crippen molar-refractivity contribution in [1.29, 1.82) is 0 Å². The number of methoxy groups -OCH3 is 1. The van der Waals surface area contributed by atoms with Crippen molar-refractivity contribution in [2.24, 2.45) is 5.41 Å². The molecule has 2 aromatic carbocycles. The van der Waals surface area contributed by atoms with E-state index < -0.39 is 31.3 Å². The first-order valence-electron chi connectivity index (χ1n) is 12.4. The summed E-state index contributed by atoms with van der Waals surface area (Å²) >= 11 is 0. The molecule has 1 heterocycles. The molecule has 39 heavy (non-hydrogen) atoms. The Morgan fingerprint density at radius 1 is 0.744 bits per heavy atom. The van der Waals surface area contributed by atoms with Crippen molar-refractivity contribution in [1.82, 2.24) is 9.97 Å². The Bertz CT molecular complexity index is 1400. The third kappa shape index (κ3) is 6.82. The molecule has 1 fully saturated rings. The average Bonchev–Trinajstić information content (AvgIpc) is 2.93. The minimum atomic E-state index is -4.12. The summed E-state index contributed by atoms with van der Waals surface area (Å²) < 4.78 is 67.6. The van der Waals surface area contributed by atoms with Gasteiger partial charge in [-0.3, -0.25) is 8.37 Å². The Morgan fingerprint density at radius 2 is 1.15 bits per heavy atom. The summed E-state index contributed by atoms with van der Waals surface area (Å²) in [6.45, 7) is 3.05. The van der Waals surface area contributed by atoms with Crippen molar-refractivity contribution in [2.75, 3.05) is 20.3 Å². The maximum absolute atomic E-state index is 12.9. The molecule has 210 valence electrons. The Balaban J connectivity index is 1.55. The minimum Gasteiger partial charge on any atom is -0.467 e. The van der Waals surface area contributed by atoms with Crippen LogP contribution in [0.1, 0.15) is 42.4 Å². The van der Waals surface area contributed by atoms with E-state index in [2.05, 4.69) is 9.97 Å². The number of nitrogens with zero attached hydrogens (tertiary/aromatic N) is 2. The predicted octanol–water partition coefficient (Wildman–Crippen LogP) is 3.66. The molecule has 1 saturated carbocycles. The van der Waals surface area contributed by atoms with Gasteiger partial charge in [0.1, 0.15) is 0 Å². The van der Waals surface area contributed by atoms with Crippen LogP contribution < -0.4 is 4.74 Å². The van der Waals surface area contributed by atoms with Gasteiger partial charge in [0.15, 0.2) is 0 Å². The smallest absolute Gasteiger partial charge is 0.316 e. The fraction of sp³-hybridized carbons (Fsp3) is 0.407. The quantitative estimate of drug-likeness (QED) is 0.355. The van der Waals surface area contributed by atoms with Crippen LogP contribution in [-0.2, 0) is 34.2 Å². The lowest BCUT2D eigenvalue weighted by Crippen LogP contribution is -2.43. The van der Waals surface area contributed by atoms with Crippen molar-refractivity contribution >= 4 is 20.2 Å². The highest BCUT2D eigenvalue weighted by atomic mass is 32.2. The molecule has 10 nitrogen and oxygen atoms in total. The van der Waals surface area contributed by atoms with E-state index in [4.69, 9.17) is 13.1 Å². The van der Waals surface area contributed by atoms with Gasteiger partial charge in [0.2, 0.25) is 0 Å². The first kappa shape index (κ1) is 29.1. The number of hydrogen-bond acceptors (Lipinski definition) is 10. The molecule has 0 bridgehead atoms. The molecule has 0 amide bonds. The van der Waals surface area contributed by atoms with Gasteiger partial charge in [-0.2, -0.15) is 16.8 Å². The molecular formula is C27H32N2O8S2. The van der Waals surface area contributed by atoms with Crippen LogP contribution >= 0.6 is 0 Å². The van der Waals surface area contributed by atoms with E-state index >= 15 is 0 Å². The van der Waals surface area contributed by atoms with Gasteiger partial charge in [-0.25, -0.2) is 9.97 Å². The van der Waals surface area contributed by atoms with Crippen LogP contribution in [0.4, 0.5) is 0 Å². The number of rotatable bonds is 10. The van der Waals surface area contributed by atoms with E-state index in [1.54, 1.807) is 24.3 Å². The van der Waals surface area contributed by atoms with Crippen LogP contribution in [0.25, 0.3) is 0 Å². The number of aromatic nitrogens is 2. The van der Waals surface area contributed by atoms with E-state index in [1.807, 2.05) is 13.8 Å². The van der Waals surface area contributed by atoms with Crippen molar-refractivity contribution in [3.8, 4) is 6.01 Å². The van der Waals surface area contributed by atoms with Gasteiger partial charge in [-0.05, 0) is 63.8 Å². The average molecular weight is 577 g/mol. The highest BCUT2D eigenvalue weighted by Crippen LogP contribution is 2.46. The lowest BCUT2D eigenvalue weighted by molar-refractivity contribution is -0.0626. The summed E-state index contributed by atoms with van der Waals surface area (Å²) in [6, 6.07) is 12.7. The summed E-state index contributed by atoms with van der Waals surface area (Å²) in [6.07, 6.45) is 3.78. The van der Waals surface area contributed by atoms with Crippen LogP contribution in [0.3, 0.4) is 0 Å². The maximum Gasteiger partial charge on any atom is 0.316 e. The molecular weight excluding hydrogens is 544 g/mol. The second-order valence-corrected chi connectivity index (χ2v) is 13.3. The molecule has 1 aliphatic carbocycles. The van der Waals surface area contributed by atoms with E-state index in [0.29, 0.717) is 5.56 Å². The number of aryl methyl sites for hydroxylation is 2. The Labute approximate surface area is 229 Å². The molecule has 4 rings (SSSR count). The molecule has 1 N–H and O–H groups in total. The van der Waals surface area contributed by atoms with Gasteiger partial charge >= 0.3 is 6.01 Å². The molecule has 0 atom stereocenters. The number of hydrogen-bond donors (Lipinski definition) is 1. The lowest BCUT2D eigenvalue weighted by Gasteiger charge is -2.43. The topological polar surface area (TPSA) is 142 Å². The van der Waals surface area contributed by atoms with Crippen LogP contribution in [0.2, 0.25) is 0 Å². The van der Waals surface area contributed by atoms with Crippen LogP contribution in [0.5, 0.6) is 6.01 Å². The molecule has 0 radical (unpaired) electrons. The second kappa shape index (κ2) is 11.3. The molecule has 0 unspecified atom stereocenters. The third-order valence-corrected chi connectivity index (χ3v) is 9.70. The summed E-state index contributed by atoms with van der Waals surface area (Å²) in [5.74, 6) is 0. The zero-order chi connectivity index (χ0) is 28.3. The lowest BCUT2D eigenvalue weighted by atomic mass is 9.68. The number of aliphatic hydroxyl groups is 1. The number of ether oxygens (including phenoxy) is 1. The molecule has 0 aliphatic heterocycles. The van der Waals surface area contributed by atoms with E-state index in [9.17, 15) is 21.9 Å². The number of benzene rings is 2. The first-order valence-corrected chi connectivity index (χ1v) is 15.2. The second-order valence-electron chi connectivity index (χ2n) is 10.0. The van der Waals surface area contributed by atoms with Gasteiger partial charge in [0, 0.05) is 23.4 Å². The Hall–Kier alpha value is -2.90. The third-order valence-electron chi connectivity index (χ3n) is 7.15. The minimum absolute atomic E-state index is 0.000795. The monoisotopic (exact) mass is 576 g/mol. The van der Waals surface area contributed by atoms with Crippen LogP contribution in [0.15, 0.2) is 70.7 Å². The van der Waals surface area contributed by atoms with E-state index in [1.165, 1.54) is 43.8 Å². The Morgan fingerprint density at radius 3 is 1.54 bits per heavy atom. The van der Waals surface area contributed by atoms with Gasteiger partial charge in [0.05, 0.1) is 35.7 Å². The summed E-state index contributed by atoms with van der Waals surface area (Å²) in [7, 11) is -6.79. The van der Waals surface area contributed by atoms with Crippen molar-refractivity contribution < 1.29 is 35.0 Å². The van der Waals surface area contributed by atoms with Gasteiger partial charge in [-0.15, -0.1) is 0 Å². The summed E-state index contributed by atoms with van der Waals surface area (Å²) in [4.78, 5) is 8.14. The van der Waals surface area contributed by atoms with Crippen molar-refractivity contribution in [3.63, 3.8) is 0 Å². The van der Waals surface area contributed by atoms with Crippen LogP contribution in [0, 0.1) is 19.3 Å².